The van der Waals surface area contributed by atoms with Gasteiger partial charge in [-0.05, 0) is 18.4 Å². The molecule has 0 radical (unpaired) electrons. The lowest BCUT2D eigenvalue weighted by molar-refractivity contribution is -0.147. The van der Waals surface area contributed by atoms with E-state index in [9.17, 15) is 14.7 Å². The zero-order chi connectivity index (χ0) is 21.3. The molecule has 0 aliphatic carbocycles. The third-order valence-electron chi connectivity index (χ3n) is 4.48. The molecule has 1 aliphatic heterocycles. The zero-order valence-corrected chi connectivity index (χ0v) is 18.1. The summed E-state index contributed by atoms with van der Waals surface area (Å²) in [6.07, 6.45) is 1.78. The van der Waals surface area contributed by atoms with Gasteiger partial charge in [-0.15, -0.1) is 0 Å². The molecule has 0 fully saturated rings. The number of aliphatic hydroxyl groups is 1. The van der Waals surface area contributed by atoms with E-state index in [2.05, 4.69) is 9.97 Å². The molecule has 1 aromatic heterocycles. The van der Waals surface area contributed by atoms with Gasteiger partial charge in [0.2, 0.25) is 0 Å². The highest BCUT2D eigenvalue weighted by Crippen LogP contribution is 2.40. The molecule has 1 aliphatic rings. The van der Waals surface area contributed by atoms with Gasteiger partial charge in [-0.3, -0.25) is 4.79 Å². The maximum Gasteiger partial charge on any atom is 0.331 e. The van der Waals surface area contributed by atoms with Crippen molar-refractivity contribution in [2.45, 2.75) is 17.7 Å². The number of aliphatic hydroxyl groups excluding tert-OH is 1. The molecule has 0 saturated carbocycles. The molecule has 2 heterocycles. The monoisotopic (exact) mass is 457 g/mol. The fourth-order valence-corrected chi connectivity index (χ4v) is 3.95. The van der Waals surface area contributed by atoms with Crippen molar-refractivity contribution in [3.63, 3.8) is 0 Å². The molecule has 0 saturated heterocycles. The van der Waals surface area contributed by atoms with Crippen LogP contribution in [0, 0.1) is 0 Å². The number of hydrogen-bond acceptors (Lipinski definition) is 8. The Balaban J connectivity index is 2.18. The van der Waals surface area contributed by atoms with Crippen LogP contribution in [0.15, 0.2) is 17.3 Å². The number of nitrogens with zero attached hydrogens (tertiary/aromatic N) is 3. The highest BCUT2D eigenvalue weighted by Gasteiger charge is 2.40. The fourth-order valence-electron chi connectivity index (χ4n) is 3.04. The first kappa shape index (κ1) is 21.6. The molecule has 8 nitrogen and oxygen atoms in total. The number of ether oxygens (including phenoxy) is 2. The standard InChI is InChI=1S/C18H17Cl2N3O5S/c1-27-13-4-8(10(19)5-11(13)20)14-9-6-23(12(7-24)17(26)28-2)16(25)15(9)22-18(21-14)29-3/h4-5,12,24H,6-7H2,1-3H3. The van der Waals surface area contributed by atoms with Gasteiger partial charge in [0.25, 0.3) is 5.91 Å². The first-order chi connectivity index (χ1) is 13.9. The number of carbonyl (C=O) groups excluding carboxylic acids is 2. The Morgan fingerprint density at radius 1 is 1.28 bits per heavy atom. The molecule has 154 valence electrons. The molecule has 1 unspecified atom stereocenters. The van der Waals surface area contributed by atoms with Crippen molar-refractivity contribution in [1.29, 1.82) is 0 Å². The number of thioether (sulfide) groups is 1. The van der Waals surface area contributed by atoms with Crippen LogP contribution in [0.4, 0.5) is 0 Å². The van der Waals surface area contributed by atoms with Gasteiger partial charge in [-0.2, -0.15) is 0 Å². The molecule has 2 aromatic rings. The average Bonchev–Trinajstić information content (AvgIpc) is 3.04. The van der Waals surface area contributed by atoms with E-state index < -0.39 is 24.5 Å². The van der Waals surface area contributed by atoms with Crippen LogP contribution in [-0.4, -0.2) is 65.0 Å². The Morgan fingerprint density at radius 3 is 2.55 bits per heavy atom. The summed E-state index contributed by atoms with van der Waals surface area (Å²) in [5, 5.41) is 10.6. The SMILES string of the molecule is COC(=O)C(CO)N1Cc2c(nc(SC)nc2-c2cc(OC)c(Cl)cc2Cl)C1=O. The Bertz CT molecular complexity index is 988. The van der Waals surface area contributed by atoms with Gasteiger partial charge >= 0.3 is 5.97 Å². The summed E-state index contributed by atoms with van der Waals surface area (Å²) in [5.41, 5.74) is 1.57. The predicted molar refractivity (Wildman–Crippen MR) is 109 cm³/mol. The maximum atomic E-state index is 13.0. The third kappa shape index (κ3) is 3.87. The third-order valence-corrected chi connectivity index (χ3v) is 5.64. The van der Waals surface area contributed by atoms with Crippen LogP contribution in [0.2, 0.25) is 10.0 Å². The van der Waals surface area contributed by atoms with Crippen LogP contribution < -0.4 is 4.74 Å². The van der Waals surface area contributed by atoms with Crippen LogP contribution in [0.1, 0.15) is 16.1 Å². The predicted octanol–water partition coefficient (Wildman–Crippen LogP) is 2.67. The van der Waals surface area contributed by atoms with E-state index in [1.165, 1.54) is 36.9 Å². The number of halogens is 2. The van der Waals surface area contributed by atoms with Crippen molar-refractivity contribution in [2.24, 2.45) is 0 Å². The van der Waals surface area contributed by atoms with E-state index in [1.54, 1.807) is 12.3 Å². The smallest absolute Gasteiger partial charge is 0.331 e. The molecule has 1 amide bonds. The summed E-state index contributed by atoms with van der Waals surface area (Å²) < 4.78 is 9.97. The number of carbonyl (C=O) groups is 2. The van der Waals surface area contributed by atoms with Crippen LogP contribution in [0.3, 0.4) is 0 Å². The molecule has 11 heteroatoms. The molecular formula is C18H17Cl2N3O5S. The normalized spacial score (nSPS) is 14.0. The Labute approximate surface area is 181 Å². The lowest BCUT2D eigenvalue weighted by Crippen LogP contribution is -2.44. The van der Waals surface area contributed by atoms with Gasteiger partial charge in [-0.1, -0.05) is 35.0 Å². The highest BCUT2D eigenvalue weighted by molar-refractivity contribution is 7.98. The van der Waals surface area contributed by atoms with Crippen molar-refractivity contribution < 1.29 is 24.2 Å². The fraction of sp³-hybridized carbons (Fsp3) is 0.333. The first-order valence-electron chi connectivity index (χ1n) is 8.34. The van der Waals surface area contributed by atoms with Gasteiger partial charge in [0, 0.05) is 11.1 Å². The number of hydrogen-bond donors (Lipinski definition) is 1. The highest BCUT2D eigenvalue weighted by atomic mass is 35.5. The van der Waals surface area contributed by atoms with Gasteiger partial charge in [0.1, 0.15) is 11.4 Å². The number of benzene rings is 1. The van der Waals surface area contributed by atoms with Crippen LogP contribution >= 0.6 is 35.0 Å². The van der Waals surface area contributed by atoms with Crippen LogP contribution in [0.25, 0.3) is 11.3 Å². The topological polar surface area (TPSA) is 102 Å². The van der Waals surface area contributed by atoms with Crippen molar-refractivity contribution >= 4 is 46.8 Å². The average molecular weight is 458 g/mol. The molecule has 1 aromatic carbocycles. The Morgan fingerprint density at radius 2 is 1.97 bits per heavy atom. The molecular weight excluding hydrogens is 441 g/mol. The number of amides is 1. The second-order valence-corrected chi connectivity index (χ2v) is 7.60. The number of methoxy groups -OCH3 is 2. The lowest BCUT2D eigenvalue weighted by Gasteiger charge is -2.23. The van der Waals surface area contributed by atoms with E-state index >= 15 is 0 Å². The number of fused-ring (bicyclic) bond motifs is 1. The van der Waals surface area contributed by atoms with Crippen molar-refractivity contribution in [1.82, 2.24) is 14.9 Å². The second kappa shape index (κ2) is 8.74. The minimum Gasteiger partial charge on any atom is -0.495 e. The molecule has 0 spiro atoms. The molecule has 1 N–H and O–H groups in total. The maximum absolute atomic E-state index is 13.0. The van der Waals surface area contributed by atoms with E-state index in [-0.39, 0.29) is 12.2 Å². The van der Waals surface area contributed by atoms with E-state index in [4.69, 9.17) is 32.7 Å². The van der Waals surface area contributed by atoms with Crippen molar-refractivity contribution in [3.8, 4) is 17.0 Å². The van der Waals surface area contributed by atoms with E-state index in [1.807, 2.05) is 0 Å². The summed E-state index contributed by atoms with van der Waals surface area (Å²) in [5.74, 6) is -0.826. The number of esters is 1. The minimum absolute atomic E-state index is 0.0136. The van der Waals surface area contributed by atoms with Gasteiger partial charge in [0.15, 0.2) is 11.2 Å². The summed E-state index contributed by atoms with van der Waals surface area (Å²) in [7, 11) is 2.67. The zero-order valence-electron chi connectivity index (χ0n) is 15.7. The molecule has 3 rings (SSSR count). The van der Waals surface area contributed by atoms with Gasteiger partial charge in [-0.25, -0.2) is 14.8 Å². The lowest BCUT2D eigenvalue weighted by atomic mass is 10.1. The number of aromatic nitrogens is 2. The van der Waals surface area contributed by atoms with Crippen molar-refractivity contribution in [3.05, 3.63) is 33.4 Å². The van der Waals surface area contributed by atoms with E-state index in [0.29, 0.717) is 37.8 Å². The van der Waals surface area contributed by atoms with Gasteiger partial charge in [0.05, 0.1) is 43.1 Å². The molecule has 0 bridgehead atoms. The molecule has 1 atom stereocenters. The number of rotatable bonds is 6. The first-order valence-corrected chi connectivity index (χ1v) is 10.3. The Hall–Kier alpha value is -2.07. The quantitative estimate of drug-likeness (QED) is 0.401. The summed E-state index contributed by atoms with van der Waals surface area (Å²) in [6, 6.07) is 2.01. The summed E-state index contributed by atoms with van der Waals surface area (Å²) in [4.78, 5) is 35.0. The van der Waals surface area contributed by atoms with Crippen LogP contribution in [-0.2, 0) is 16.1 Å². The van der Waals surface area contributed by atoms with Crippen LogP contribution in [0.5, 0.6) is 5.75 Å². The van der Waals surface area contributed by atoms with Gasteiger partial charge < -0.3 is 19.5 Å². The largest absolute Gasteiger partial charge is 0.495 e. The summed E-state index contributed by atoms with van der Waals surface area (Å²) in [6.45, 7) is -0.570. The summed E-state index contributed by atoms with van der Waals surface area (Å²) >= 11 is 13.8. The molecule has 29 heavy (non-hydrogen) atoms. The Kier molecular flexibility index (Phi) is 6.52. The second-order valence-electron chi connectivity index (χ2n) is 6.01. The minimum atomic E-state index is -1.15. The van der Waals surface area contributed by atoms with Crippen molar-refractivity contribution in [2.75, 3.05) is 27.1 Å². The van der Waals surface area contributed by atoms with E-state index in [0.717, 1.165) is 0 Å².